The predicted octanol–water partition coefficient (Wildman–Crippen LogP) is 0.984. The van der Waals surface area contributed by atoms with Crippen LogP contribution in [0.15, 0.2) is 0 Å². The number of nitrogens with zero attached hydrogens (tertiary/aromatic N) is 4. The molecule has 0 saturated carbocycles. The third-order valence-electron chi connectivity index (χ3n) is 1.95. The van der Waals surface area contributed by atoms with Crippen molar-refractivity contribution < 1.29 is 0 Å². The number of nitrogens with two attached hydrogens (primary N) is 1. The molecule has 0 spiro atoms. The molecule has 0 aromatic carbocycles. The molecule has 0 radical (unpaired) electrons. The maximum absolute atomic E-state index is 8.93. The fraction of sp³-hybridized carbons (Fsp3) is 0.556. The van der Waals surface area contributed by atoms with Gasteiger partial charge in [0, 0.05) is 20.1 Å². The van der Waals surface area contributed by atoms with Crippen molar-refractivity contribution >= 4 is 11.6 Å². The Balaban J connectivity index is 3.34. The second kappa shape index (κ2) is 3.58. The Hall–Kier alpha value is -1.70. The van der Waals surface area contributed by atoms with E-state index in [1.165, 1.54) is 0 Å². The molecule has 0 amide bonds. The van der Waals surface area contributed by atoms with Crippen molar-refractivity contribution in [2.45, 2.75) is 19.9 Å². The molecule has 1 heterocycles. The molecule has 0 aliphatic carbocycles. The highest BCUT2D eigenvalue weighted by Gasteiger charge is 2.17. The van der Waals surface area contributed by atoms with Crippen molar-refractivity contribution in [1.29, 1.82) is 5.26 Å². The van der Waals surface area contributed by atoms with Crippen LogP contribution in [0.25, 0.3) is 0 Å². The summed E-state index contributed by atoms with van der Waals surface area (Å²) in [7, 11) is 3.68. The first-order valence-corrected chi connectivity index (χ1v) is 4.44. The van der Waals surface area contributed by atoms with Gasteiger partial charge in [-0.15, -0.1) is 0 Å². The first kappa shape index (κ1) is 10.4. The molecule has 5 heteroatoms. The molecule has 2 N–H and O–H groups in total. The highest BCUT2D eigenvalue weighted by molar-refractivity contribution is 5.64. The molecule has 0 unspecified atom stereocenters. The predicted molar refractivity (Wildman–Crippen MR) is 56.1 cm³/mol. The minimum atomic E-state index is 0.163. The van der Waals surface area contributed by atoms with Gasteiger partial charge in [0.25, 0.3) is 0 Å². The fourth-order valence-corrected chi connectivity index (χ4v) is 1.25. The average Bonchev–Trinajstić information content (AvgIpc) is 2.42. The highest BCUT2D eigenvalue weighted by atomic mass is 15.4. The van der Waals surface area contributed by atoms with Crippen LogP contribution in [0.1, 0.15) is 25.5 Å². The number of hydrogen-bond acceptors (Lipinski definition) is 4. The molecular formula is C9H15N5. The van der Waals surface area contributed by atoms with Gasteiger partial charge >= 0.3 is 0 Å². The van der Waals surface area contributed by atoms with Crippen LogP contribution in [0.3, 0.4) is 0 Å². The van der Waals surface area contributed by atoms with Crippen molar-refractivity contribution in [3.8, 4) is 6.07 Å². The van der Waals surface area contributed by atoms with Crippen molar-refractivity contribution in [3.63, 3.8) is 0 Å². The largest absolute Gasteiger partial charge is 0.383 e. The zero-order valence-electron chi connectivity index (χ0n) is 8.94. The number of nitrogen functional groups attached to an aromatic ring is 1. The summed E-state index contributed by atoms with van der Waals surface area (Å²) in [5.41, 5.74) is 6.25. The maximum atomic E-state index is 8.93. The Labute approximate surface area is 83.7 Å². The standard InChI is InChI=1S/C9H15N5/c1-6(2)14-8(11)7(5-10)9(12-14)13(3)4/h6H,11H2,1-4H3. The molecule has 0 atom stereocenters. The molecule has 1 rings (SSSR count). The first-order valence-electron chi connectivity index (χ1n) is 4.44. The topological polar surface area (TPSA) is 70.9 Å². The Bertz CT molecular complexity index is 369. The summed E-state index contributed by atoms with van der Waals surface area (Å²) >= 11 is 0. The Kier molecular flexibility index (Phi) is 2.65. The van der Waals surface area contributed by atoms with Gasteiger partial charge in [0.15, 0.2) is 5.82 Å². The van der Waals surface area contributed by atoms with Gasteiger partial charge in [-0.2, -0.15) is 10.4 Å². The summed E-state index contributed by atoms with van der Waals surface area (Å²) in [5.74, 6) is 1.06. The van der Waals surface area contributed by atoms with Gasteiger partial charge in [-0.1, -0.05) is 0 Å². The van der Waals surface area contributed by atoms with Gasteiger partial charge < -0.3 is 10.6 Å². The lowest BCUT2D eigenvalue weighted by Crippen LogP contribution is -2.11. The molecule has 76 valence electrons. The Morgan fingerprint density at radius 2 is 2.07 bits per heavy atom. The summed E-state index contributed by atoms with van der Waals surface area (Å²) in [6, 6.07) is 2.23. The number of nitriles is 1. The van der Waals surface area contributed by atoms with E-state index in [4.69, 9.17) is 11.0 Å². The van der Waals surface area contributed by atoms with Crippen LogP contribution in [-0.2, 0) is 0 Å². The monoisotopic (exact) mass is 193 g/mol. The molecular weight excluding hydrogens is 178 g/mol. The van der Waals surface area contributed by atoms with Gasteiger partial charge in [0.1, 0.15) is 17.5 Å². The summed E-state index contributed by atoms with van der Waals surface area (Å²) in [6.45, 7) is 3.95. The molecule has 1 aromatic rings. The summed E-state index contributed by atoms with van der Waals surface area (Å²) in [6.07, 6.45) is 0. The third-order valence-corrected chi connectivity index (χ3v) is 1.95. The zero-order chi connectivity index (χ0) is 10.9. The van der Waals surface area contributed by atoms with Crippen molar-refractivity contribution in [2.24, 2.45) is 0 Å². The summed E-state index contributed by atoms with van der Waals surface area (Å²) < 4.78 is 1.66. The van der Waals surface area contributed by atoms with Crippen molar-refractivity contribution in [3.05, 3.63) is 5.56 Å². The SMILES string of the molecule is CC(C)n1nc(N(C)C)c(C#N)c1N. The number of anilines is 2. The van der Waals surface area contributed by atoms with E-state index in [1.807, 2.05) is 27.9 Å². The smallest absolute Gasteiger partial charge is 0.170 e. The fourth-order valence-electron chi connectivity index (χ4n) is 1.25. The van der Waals surface area contributed by atoms with Crippen LogP contribution in [0, 0.1) is 11.3 Å². The lowest BCUT2D eigenvalue weighted by atomic mass is 10.3. The van der Waals surface area contributed by atoms with Gasteiger partial charge in [-0.3, -0.25) is 0 Å². The van der Waals surface area contributed by atoms with Gasteiger partial charge in [-0.25, -0.2) is 4.68 Å². The molecule has 5 nitrogen and oxygen atoms in total. The molecule has 1 aromatic heterocycles. The lowest BCUT2D eigenvalue weighted by molar-refractivity contribution is 0.540. The Morgan fingerprint density at radius 1 is 1.50 bits per heavy atom. The summed E-state index contributed by atoms with van der Waals surface area (Å²) in [4.78, 5) is 1.79. The van der Waals surface area contributed by atoms with Crippen molar-refractivity contribution in [1.82, 2.24) is 9.78 Å². The molecule has 0 fully saturated rings. The third kappa shape index (κ3) is 1.51. The van der Waals surface area contributed by atoms with E-state index in [0.29, 0.717) is 17.2 Å². The average molecular weight is 193 g/mol. The van der Waals surface area contributed by atoms with Crippen LogP contribution in [0.2, 0.25) is 0 Å². The van der Waals surface area contributed by atoms with Crippen LogP contribution in [-0.4, -0.2) is 23.9 Å². The van der Waals surface area contributed by atoms with E-state index in [9.17, 15) is 0 Å². The Morgan fingerprint density at radius 3 is 2.36 bits per heavy atom. The van der Waals surface area contributed by atoms with Gasteiger partial charge in [0.05, 0.1) is 0 Å². The molecule has 0 bridgehead atoms. The second-order valence-corrected chi connectivity index (χ2v) is 3.63. The number of hydrogen-bond donors (Lipinski definition) is 1. The molecule has 0 saturated heterocycles. The van der Waals surface area contributed by atoms with E-state index in [0.717, 1.165) is 0 Å². The quantitative estimate of drug-likeness (QED) is 0.760. The second-order valence-electron chi connectivity index (χ2n) is 3.63. The zero-order valence-corrected chi connectivity index (χ0v) is 8.94. The number of rotatable bonds is 2. The first-order chi connectivity index (χ1) is 6.49. The van der Waals surface area contributed by atoms with Gasteiger partial charge in [0.2, 0.25) is 0 Å². The summed E-state index contributed by atoms with van der Waals surface area (Å²) in [5, 5.41) is 13.2. The van der Waals surface area contributed by atoms with Crippen molar-refractivity contribution in [2.75, 3.05) is 24.7 Å². The van der Waals surface area contributed by atoms with Crippen LogP contribution < -0.4 is 10.6 Å². The van der Waals surface area contributed by atoms with Crippen LogP contribution >= 0.6 is 0 Å². The van der Waals surface area contributed by atoms with E-state index in [-0.39, 0.29) is 6.04 Å². The molecule has 14 heavy (non-hydrogen) atoms. The molecule has 0 aliphatic rings. The van der Waals surface area contributed by atoms with E-state index in [1.54, 1.807) is 9.58 Å². The molecule has 0 aliphatic heterocycles. The van der Waals surface area contributed by atoms with E-state index < -0.39 is 0 Å². The van der Waals surface area contributed by atoms with Crippen LogP contribution in [0.5, 0.6) is 0 Å². The van der Waals surface area contributed by atoms with Crippen LogP contribution in [0.4, 0.5) is 11.6 Å². The normalized spacial score (nSPS) is 10.3. The lowest BCUT2D eigenvalue weighted by Gasteiger charge is -2.08. The maximum Gasteiger partial charge on any atom is 0.170 e. The van der Waals surface area contributed by atoms with Gasteiger partial charge in [-0.05, 0) is 13.8 Å². The highest BCUT2D eigenvalue weighted by Crippen LogP contribution is 2.25. The minimum absolute atomic E-state index is 0.163. The minimum Gasteiger partial charge on any atom is -0.383 e. The van der Waals surface area contributed by atoms with E-state index in [2.05, 4.69) is 11.2 Å². The van der Waals surface area contributed by atoms with E-state index >= 15 is 0 Å². The number of aromatic nitrogens is 2.